The number of fused-ring (bicyclic) bond motifs is 1. The Labute approximate surface area is 169 Å². The van der Waals surface area contributed by atoms with Crippen molar-refractivity contribution in [1.82, 2.24) is 15.2 Å². The van der Waals surface area contributed by atoms with Crippen molar-refractivity contribution in [2.45, 2.75) is 12.5 Å². The zero-order valence-corrected chi connectivity index (χ0v) is 16.4. The molecule has 1 aromatic heterocycles. The topological polar surface area (TPSA) is 57.4 Å². The highest BCUT2D eigenvalue weighted by molar-refractivity contribution is 6.31. The average molecular weight is 398 g/mol. The van der Waals surface area contributed by atoms with E-state index in [1.165, 1.54) is 0 Å². The summed E-state index contributed by atoms with van der Waals surface area (Å²) in [7, 11) is 0. The third-order valence-electron chi connectivity index (χ3n) is 5.27. The van der Waals surface area contributed by atoms with Crippen LogP contribution in [0.15, 0.2) is 54.7 Å². The molecule has 5 nitrogen and oxygen atoms in total. The van der Waals surface area contributed by atoms with Crippen molar-refractivity contribution >= 4 is 28.4 Å². The zero-order chi connectivity index (χ0) is 19.3. The molecule has 1 aliphatic rings. The van der Waals surface area contributed by atoms with Crippen LogP contribution in [-0.4, -0.2) is 48.6 Å². The first-order valence-corrected chi connectivity index (χ1v) is 9.98. The van der Waals surface area contributed by atoms with Crippen molar-refractivity contribution in [3.8, 4) is 0 Å². The lowest BCUT2D eigenvalue weighted by molar-refractivity contribution is -0.120. The Morgan fingerprint density at radius 2 is 1.89 bits per heavy atom. The molecule has 4 rings (SSSR count). The summed E-state index contributed by atoms with van der Waals surface area (Å²) in [6.07, 6.45) is 2.26. The van der Waals surface area contributed by atoms with Crippen molar-refractivity contribution < 1.29 is 9.53 Å². The molecule has 0 bridgehead atoms. The normalized spacial score (nSPS) is 16.2. The molecule has 3 aromatic rings. The van der Waals surface area contributed by atoms with Crippen LogP contribution in [0.5, 0.6) is 0 Å². The van der Waals surface area contributed by atoms with Crippen LogP contribution in [0.3, 0.4) is 0 Å². The molecule has 0 aliphatic carbocycles. The quantitative estimate of drug-likeness (QED) is 0.668. The number of aromatic nitrogens is 1. The summed E-state index contributed by atoms with van der Waals surface area (Å²) in [4.78, 5) is 18.2. The molecular weight excluding hydrogens is 374 g/mol. The second kappa shape index (κ2) is 8.78. The van der Waals surface area contributed by atoms with Crippen molar-refractivity contribution in [1.29, 1.82) is 0 Å². The number of carbonyl (C=O) groups is 1. The lowest BCUT2D eigenvalue weighted by Crippen LogP contribution is -2.44. The van der Waals surface area contributed by atoms with Crippen molar-refractivity contribution in [2.24, 2.45) is 0 Å². The summed E-state index contributed by atoms with van der Waals surface area (Å²) >= 11 is 6.46. The van der Waals surface area contributed by atoms with Crippen LogP contribution in [0.2, 0.25) is 5.02 Å². The smallest absolute Gasteiger partial charge is 0.224 e. The van der Waals surface area contributed by atoms with E-state index in [9.17, 15) is 4.79 Å². The van der Waals surface area contributed by atoms with Crippen molar-refractivity contribution in [3.63, 3.8) is 0 Å². The lowest BCUT2D eigenvalue weighted by Gasteiger charge is -2.35. The van der Waals surface area contributed by atoms with E-state index in [1.807, 2.05) is 54.7 Å². The summed E-state index contributed by atoms with van der Waals surface area (Å²) in [5.41, 5.74) is 3.10. The van der Waals surface area contributed by atoms with Gasteiger partial charge in [-0.2, -0.15) is 0 Å². The summed E-state index contributed by atoms with van der Waals surface area (Å²) in [6, 6.07) is 15.9. The number of amides is 1. The second-order valence-electron chi connectivity index (χ2n) is 7.03. The summed E-state index contributed by atoms with van der Waals surface area (Å²) in [5.74, 6) is 0.00932. The van der Waals surface area contributed by atoms with Gasteiger partial charge in [0, 0.05) is 41.8 Å². The van der Waals surface area contributed by atoms with E-state index in [0.29, 0.717) is 26.2 Å². The van der Waals surface area contributed by atoms with E-state index in [1.54, 1.807) is 0 Å². The van der Waals surface area contributed by atoms with Crippen LogP contribution >= 0.6 is 11.6 Å². The molecule has 2 aromatic carbocycles. The number of rotatable bonds is 6. The van der Waals surface area contributed by atoms with Crippen molar-refractivity contribution in [2.75, 3.05) is 32.8 Å². The molecule has 1 unspecified atom stereocenters. The van der Waals surface area contributed by atoms with Crippen LogP contribution in [0, 0.1) is 0 Å². The standard InChI is InChI=1S/C22H24ClN3O2/c23-19-7-3-1-6-18(19)21(26-9-11-28-12-10-26)15-25-22(27)13-16-14-24-20-8-4-2-5-17(16)20/h1-8,14,21,24H,9-13,15H2,(H,25,27). The van der Waals surface area contributed by atoms with Gasteiger partial charge < -0.3 is 15.0 Å². The van der Waals surface area contributed by atoms with Gasteiger partial charge in [-0.15, -0.1) is 0 Å². The van der Waals surface area contributed by atoms with E-state index < -0.39 is 0 Å². The van der Waals surface area contributed by atoms with Crippen molar-refractivity contribution in [3.05, 3.63) is 70.9 Å². The fraction of sp³-hybridized carbons (Fsp3) is 0.318. The number of hydrogen-bond acceptors (Lipinski definition) is 3. The van der Waals surface area contributed by atoms with E-state index >= 15 is 0 Å². The molecule has 1 saturated heterocycles. The lowest BCUT2D eigenvalue weighted by atomic mass is 10.0. The number of nitrogens with one attached hydrogen (secondary N) is 2. The number of para-hydroxylation sites is 1. The third-order valence-corrected chi connectivity index (χ3v) is 5.61. The monoisotopic (exact) mass is 397 g/mol. The SMILES string of the molecule is O=C(Cc1c[nH]c2ccccc12)NCC(c1ccccc1Cl)N1CCOCC1. The molecule has 28 heavy (non-hydrogen) atoms. The molecule has 1 aliphatic heterocycles. The van der Waals surface area contributed by atoms with Gasteiger partial charge in [0.1, 0.15) is 0 Å². The highest BCUT2D eigenvalue weighted by Crippen LogP contribution is 2.28. The van der Waals surface area contributed by atoms with E-state index in [-0.39, 0.29) is 11.9 Å². The first-order chi connectivity index (χ1) is 13.7. The second-order valence-corrected chi connectivity index (χ2v) is 7.43. The fourth-order valence-corrected chi connectivity index (χ4v) is 4.06. The van der Waals surface area contributed by atoms with Crippen LogP contribution in [0.4, 0.5) is 0 Å². The number of halogens is 1. The number of hydrogen-bond donors (Lipinski definition) is 2. The van der Waals surface area contributed by atoms with Crippen LogP contribution in [0.25, 0.3) is 10.9 Å². The molecule has 0 spiro atoms. The average Bonchev–Trinajstić information content (AvgIpc) is 3.13. The predicted octanol–water partition coefficient (Wildman–Crippen LogP) is 3.55. The van der Waals surface area contributed by atoms with Crippen LogP contribution < -0.4 is 5.32 Å². The van der Waals surface area contributed by atoms with Crippen LogP contribution in [0.1, 0.15) is 17.2 Å². The predicted molar refractivity (Wildman–Crippen MR) is 112 cm³/mol. The largest absolute Gasteiger partial charge is 0.379 e. The molecule has 2 heterocycles. The summed E-state index contributed by atoms with van der Waals surface area (Å²) in [5, 5.41) is 4.93. The highest BCUT2D eigenvalue weighted by Gasteiger charge is 2.25. The molecule has 1 fully saturated rings. The number of nitrogens with zero attached hydrogens (tertiary/aromatic N) is 1. The number of benzene rings is 2. The number of aromatic amines is 1. The minimum Gasteiger partial charge on any atom is -0.379 e. The molecular formula is C22H24ClN3O2. The molecule has 0 radical (unpaired) electrons. The number of ether oxygens (including phenoxy) is 1. The Morgan fingerprint density at radius 3 is 2.71 bits per heavy atom. The Kier molecular flexibility index (Phi) is 5.95. The molecule has 146 valence electrons. The Hall–Kier alpha value is -2.34. The van der Waals surface area contributed by atoms with Gasteiger partial charge in [0.2, 0.25) is 5.91 Å². The maximum Gasteiger partial charge on any atom is 0.224 e. The first kappa shape index (κ1) is 19.0. The highest BCUT2D eigenvalue weighted by atomic mass is 35.5. The summed E-state index contributed by atoms with van der Waals surface area (Å²) < 4.78 is 5.49. The maximum atomic E-state index is 12.7. The molecule has 2 N–H and O–H groups in total. The number of H-pyrrole nitrogens is 1. The van der Waals surface area contributed by atoms with Gasteiger partial charge in [-0.3, -0.25) is 9.69 Å². The van der Waals surface area contributed by atoms with Gasteiger partial charge in [0.25, 0.3) is 0 Å². The van der Waals surface area contributed by atoms with Gasteiger partial charge in [0.15, 0.2) is 0 Å². The van der Waals surface area contributed by atoms with E-state index in [2.05, 4.69) is 15.2 Å². The Balaban J connectivity index is 1.46. The fourth-order valence-electron chi connectivity index (χ4n) is 3.79. The van der Waals surface area contributed by atoms with Gasteiger partial charge in [-0.05, 0) is 23.3 Å². The minimum atomic E-state index is 0.00932. The van der Waals surface area contributed by atoms with Crippen LogP contribution in [-0.2, 0) is 16.0 Å². The third kappa shape index (κ3) is 4.22. The minimum absolute atomic E-state index is 0.00932. The van der Waals surface area contributed by atoms with E-state index in [0.717, 1.165) is 40.1 Å². The molecule has 1 atom stereocenters. The molecule has 0 saturated carbocycles. The van der Waals surface area contributed by atoms with Gasteiger partial charge in [0.05, 0.1) is 25.7 Å². The Morgan fingerprint density at radius 1 is 1.14 bits per heavy atom. The van der Waals surface area contributed by atoms with Gasteiger partial charge in [-0.25, -0.2) is 0 Å². The first-order valence-electron chi connectivity index (χ1n) is 9.60. The zero-order valence-electron chi connectivity index (χ0n) is 15.7. The number of morpholine rings is 1. The van der Waals surface area contributed by atoms with Gasteiger partial charge >= 0.3 is 0 Å². The Bertz CT molecular complexity index is 950. The molecule has 1 amide bonds. The number of carbonyl (C=O) groups excluding carboxylic acids is 1. The van der Waals surface area contributed by atoms with Gasteiger partial charge in [-0.1, -0.05) is 48.0 Å². The maximum absolute atomic E-state index is 12.7. The van der Waals surface area contributed by atoms with E-state index in [4.69, 9.17) is 16.3 Å². The molecule has 6 heteroatoms. The summed E-state index contributed by atoms with van der Waals surface area (Å²) in [6.45, 7) is 3.57.